The first kappa shape index (κ1) is 27.4. The van der Waals surface area contributed by atoms with Crippen molar-refractivity contribution in [3.05, 3.63) is 0 Å². The van der Waals surface area contributed by atoms with Gasteiger partial charge in [-0.15, -0.1) is 0 Å². The third kappa shape index (κ3) is 16.9. The lowest BCUT2D eigenvalue weighted by Crippen LogP contribution is -2.11. The van der Waals surface area contributed by atoms with Crippen molar-refractivity contribution < 1.29 is 27.8 Å². The standard InChI is InChI=1S/C12H26O4S4.2H2O/c1-3-19(13,14)11-9-17-7-5-6-8-18-10-12-20(15,16)4-2;;/h3-12H2,1-2H3;2*1H2. The van der Waals surface area contributed by atoms with Crippen molar-refractivity contribution in [2.75, 3.05) is 46.0 Å². The molecule has 4 N–H and O–H groups in total. The highest BCUT2D eigenvalue weighted by atomic mass is 32.2. The minimum absolute atomic E-state index is 0. The Kier molecular flexibility index (Phi) is 18.8. The van der Waals surface area contributed by atoms with Gasteiger partial charge in [-0.3, -0.25) is 0 Å². The summed E-state index contributed by atoms with van der Waals surface area (Å²) in [6.07, 6.45) is 2.12. The van der Waals surface area contributed by atoms with E-state index in [0.717, 1.165) is 24.3 Å². The Balaban J connectivity index is -0.00000180. The normalized spacial score (nSPS) is 11.5. The molecule has 0 aromatic heterocycles. The van der Waals surface area contributed by atoms with Crippen LogP contribution in [0, 0.1) is 0 Å². The van der Waals surface area contributed by atoms with E-state index < -0.39 is 19.7 Å². The van der Waals surface area contributed by atoms with Gasteiger partial charge in [0.25, 0.3) is 0 Å². The smallest absolute Gasteiger partial charge is 0.150 e. The molecule has 6 nitrogen and oxygen atoms in total. The SMILES string of the molecule is CCS(=O)(=O)CCSCCCCSCCS(=O)(=O)CC.O.O. The second-order valence-electron chi connectivity index (χ2n) is 4.40. The van der Waals surface area contributed by atoms with Crippen molar-refractivity contribution in [2.24, 2.45) is 0 Å². The highest BCUT2D eigenvalue weighted by molar-refractivity contribution is 8.01. The minimum atomic E-state index is -2.82. The first-order valence-corrected chi connectivity index (χ1v) is 12.8. The van der Waals surface area contributed by atoms with E-state index in [4.69, 9.17) is 0 Å². The summed E-state index contributed by atoms with van der Waals surface area (Å²) in [6, 6.07) is 0. The van der Waals surface area contributed by atoms with E-state index in [0.29, 0.717) is 11.5 Å². The molecule has 10 heteroatoms. The molecule has 0 aliphatic carbocycles. The molecule has 0 aliphatic heterocycles. The first-order valence-electron chi connectivity index (χ1n) is 6.89. The average molecular weight is 399 g/mol. The van der Waals surface area contributed by atoms with Crippen LogP contribution in [0.1, 0.15) is 26.7 Å². The summed E-state index contributed by atoms with van der Waals surface area (Å²) in [6.45, 7) is 3.35. The fraction of sp³-hybridized carbons (Fsp3) is 1.00. The summed E-state index contributed by atoms with van der Waals surface area (Å²) >= 11 is 3.37. The lowest BCUT2D eigenvalue weighted by Gasteiger charge is -2.03. The van der Waals surface area contributed by atoms with Crippen LogP contribution >= 0.6 is 23.5 Å². The number of unbranched alkanes of at least 4 members (excludes halogenated alkanes) is 1. The Morgan fingerprint density at radius 1 is 0.636 bits per heavy atom. The quantitative estimate of drug-likeness (QED) is 0.414. The second-order valence-corrected chi connectivity index (χ2v) is 11.8. The third-order valence-electron chi connectivity index (χ3n) is 2.78. The molecule has 0 aromatic rings. The van der Waals surface area contributed by atoms with E-state index in [2.05, 4.69) is 0 Å². The lowest BCUT2D eigenvalue weighted by atomic mass is 10.4. The summed E-state index contributed by atoms with van der Waals surface area (Å²) in [5, 5.41) is 0. The highest BCUT2D eigenvalue weighted by Gasteiger charge is 2.07. The molecule has 0 saturated heterocycles. The van der Waals surface area contributed by atoms with Crippen molar-refractivity contribution in [1.29, 1.82) is 0 Å². The molecule has 0 unspecified atom stereocenters. The predicted octanol–water partition coefficient (Wildman–Crippen LogP) is 0.453. The van der Waals surface area contributed by atoms with E-state index in [1.807, 2.05) is 0 Å². The molecule has 138 valence electrons. The highest BCUT2D eigenvalue weighted by Crippen LogP contribution is 2.10. The van der Waals surface area contributed by atoms with Gasteiger partial charge in [0.1, 0.15) is 0 Å². The van der Waals surface area contributed by atoms with Gasteiger partial charge in [0.15, 0.2) is 19.7 Å². The van der Waals surface area contributed by atoms with Crippen LogP contribution in [0.5, 0.6) is 0 Å². The maximum atomic E-state index is 11.2. The molecule has 0 bridgehead atoms. The van der Waals surface area contributed by atoms with Crippen molar-refractivity contribution in [1.82, 2.24) is 0 Å². The van der Waals surface area contributed by atoms with E-state index in [-0.39, 0.29) is 34.0 Å². The Bertz CT molecular complexity index is 391. The first-order chi connectivity index (χ1) is 9.33. The number of rotatable bonds is 13. The number of sulfone groups is 2. The molecule has 0 saturated carbocycles. The Morgan fingerprint density at radius 2 is 0.955 bits per heavy atom. The second kappa shape index (κ2) is 15.1. The molecule has 0 radical (unpaired) electrons. The van der Waals surface area contributed by atoms with Crippen molar-refractivity contribution in [2.45, 2.75) is 26.7 Å². The van der Waals surface area contributed by atoms with Crippen LogP contribution in [0.2, 0.25) is 0 Å². The van der Waals surface area contributed by atoms with Gasteiger partial charge in [0.2, 0.25) is 0 Å². The van der Waals surface area contributed by atoms with Gasteiger partial charge in [-0.25, -0.2) is 16.8 Å². The topological polar surface area (TPSA) is 131 Å². The molecular weight excluding hydrogens is 368 g/mol. The minimum Gasteiger partial charge on any atom is -0.412 e. The van der Waals surface area contributed by atoms with E-state index in [1.165, 1.54) is 0 Å². The summed E-state index contributed by atoms with van der Waals surface area (Å²) in [4.78, 5) is 0. The monoisotopic (exact) mass is 398 g/mol. The van der Waals surface area contributed by atoms with Crippen molar-refractivity contribution >= 4 is 43.2 Å². The molecule has 0 aromatic carbocycles. The van der Waals surface area contributed by atoms with Crippen LogP contribution in [0.15, 0.2) is 0 Å². The Morgan fingerprint density at radius 3 is 1.23 bits per heavy atom. The fourth-order valence-electron chi connectivity index (χ4n) is 1.27. The van der Waals surface area contributed by atoms with Gasteiger partial charge in [-0.1, -0.05) is 13.8 Å². The van der Waals surface area contributed by atoms with Gasteiger partial charge < -0.3 is 11.0 Å². The van der Waals surface area contributed by atoms with E-state index in [1.54, 1.807) is 37.4 Å². The summed E-state index contributed by atoms with van der Waals surface area (Å²) in [5.41, 5.74) is 0. The Labute approximate surface area is 143 Å². The maximum absolute atomic E-state index is 11.2. The van der Waals surface area contributed by atoms with Gasteiger partial charge in [-0.2, -0.15) is 23.5 Å². The largest absolute Gasteiger partial charge is 0.412 e. The number of hydrogen-bond acceptors (Lipinski definition) is 6. The molecular formula is C12H30O6S4. The third-order valence-corrected chi connectivity index (χ3v) is 8.85. The molecule has 0 atom stereocenters. The zero-order valence-corrected chi connectivity index (χ0v) is 16.6. The summed E-state index contributed by atoms with van der Waals surface area (Å²) in [7, 11) is -5.65. The number of thioether (sulfide) groups is 2. The molecule has 0 rings (SSSR count). The molecule has 0 heterocycles. The van der Waals surface area contributed by atoms with E-state index in [9.17, 15) is 16.8 Å². The fourth-order valence-corrected chi connectivity index (χ4v) is 6.05. The van der Waals surface area contributed by atoms with Crippen molar-refractivity contribution in [3.63, 3.8) is 0 Å². The average Bonchev–Trinajstić information content (AvgIpc) is 2.41. The van der Waals surface area contributed by atoms with Crippen LogP contribution in [0.25, 0.3) is 0 Å². The van der Waals surface area contributed by atoms with Crippen molar-refractivity contribution in [3.8, 4) is 0 Å². The number of hydrogen-bond donors (Lipinski definition) is 0. The van der Waals surface area contributed by atoms with Crippen LogP contribution in [-0.4, -0.2) is 73.8 Å². The summed E-state index contributed by atoms with van der Waals surface area (Å²) < 4.78 is 45.0. The van der Waals surface area contributed by atoms with Crippen LogP contribution in [0.4, 0.5) is 0 Å². The van der Waals surface area contributed by atoms with Gasteiger partial charge >= 0.3 is 0 Å². The van der Waals surface area contributed by atoms with Crippen LogP contribution < -0.4 is 0 Å². The molecule has 0 aliphatic rings. The lowest BCUT2D eigenvalue weighted by molar-refractivity contribution is 0.597. The van der Waals surface area contributed by atoms with Crippen LogP contribution in [-0.2, 0) is 19.7 Å². The van der Waals surface area contributed by atoms with Gasteiger partial charge in [0, 0.05) is 23.0 Å². The molecule has 0 amide bonds. The van der Waals surface area contributed by atoms with Gasteiger partial charge in [0.05, 0.1) is 11.5 Å². The zero-order chi connectivity index (χ0) is 15.5. The summed E-state index contributed by atoms with van der Waals surface area (Å²) in [5.74, 6) is 4.32. The molecule has 22 heavy (non-hydrogen) atoms. The van der Waals surface area contributed by atoms with Gasteiger partial charge in [-0.05, 0) is 24.3 Å². The molecule has 0 spiro atoms. The predicted molar refractivity (Wildman–Crippen MR) is 99.8 cm³/mol. The molecule has 0 fully saturated rings. The maximum Gasteiger partial charge on any atom is 0.150 e. The van der Waals surface area contributed by atoms with E-state index >= 15 is 0 Å². The Hall–Kier alpha value is 0.520. The van der Waals surface area contributed by atoms with Crippen LogP contribution in [0.3, 0.4) is 0 Å². The zero-order valence-electron chi connectivity index (χ0n) is 13.3.